The van der Waals surface area contributed by atoms with Crippen LogP contribution in [0, 0.1) is 0 Å². The van der Waals surface area contributed by atoms with Gasteiger partial charge in [-0.25, -0.2) is 5.43 Å². The van der Waals surface area contributed by atoms with Crippen molar-refractivity contribution in [3.63, 3.8) is 0 Å². The average molecular weight is 485 g/mol. The molecule has 0 unspecified atom stereocenters. The van der Waals surface area contributed by atoms with Gasteiger partial charge in [0.2, 0.25) is 12.3 Å². The maximum Gasteiger partial charge on any atom is 0.271 e. The third-order valence-electron chi connectivity index (χ3n) is 4.39. The Hall–Kier alpha value is -3.52. The Morgan fingerprint density at radius 2 is 1.42 bits per heavy atom. The van der Waals surface area contributed by atoms with Gasteiger partial charge in [0.15, 0.2) is 12.4 Å². The number of Topliss-reactive ketones (excluding diaryl/α,β-unsaturated/α-hetero) is 1. The Morgan fingerprint density at radius 3 is 1.97 bits per heavy atom. The van der Waals surface area contributed by atoms with Crippen LogP contribution in [0.15, 0.2) is 78.2 Å². The first-order chi connectivity index (χ1) is 14.6. The summed E-state index contributed by atoms with van der Waals surface area (Å²) in [6.45, 7) is 0.170. The Kier molecular flexibility index (Phi) is 8.90. The molecule has 0 bridgehead atoms. The first-order valence-electron chi connectivity index (χ1n) is 9.23. The lowest BCUT2D eigenvalue weighted by molar-refractivity contribution is -0.683. The minimum absolute atomic E-state index is 0. The van der Waals surface area contributed by atoms with Crippen molar-refractivity contribution in [2.75, 3.05) is 14.2 Å². The smallest absolute Gasteiger partial charge is 0.271 e. The summed E-state index contributed by atoms with van der Waals surface area (Å²) in [5.41, 5.74) is 4.35. The van der Waals surface area contributed by atoms with Crippen LogP contribution >= 0.6 is 17.0 Å². The molecule has 1 heterocycles. The average Bonchev–Trinajstić information content (AvgIpc) is 2.80. The van der Waals surface area contributed by atoms with E-state index < -0.39 is 0 Å². The van der Waals surface area contributed by atoms with Crippen molar-refractivity contribution in [3.8, 4) is 11.5 Å². The lowest BCUT2D eigenvalue weighted by Crippen LogP contribution is -2.37. The molecule has 8 heteroatoms. The number of hydrogen-bond acceptors (Lipinski definition) is 5. The number of ether oxygens (including phenoxy) is 2. The predicted molar refractivity (Wildman–Crippen MR) is 122 cm³/mol. The van der Waals surface area contributed by atoms with Crippen LogP contribution in [0.5, 0.6) is 11.5 Å². The van der Waals surface area contributed by atoms with E-state index in [2.05, 4.69) is 10.5 Å². The van der Waals surface area contributed by atoms with Crippen molar-refractivity contribution >= 4 is 34.9 Å². The molecule has 0 spiro atoms. The van der Waals surface area contributed by atoms with E-state index in [1.165, 1.54) is 0 Å². The Morgan fingerprint density at radius 1 is 0.871 bits per heavy atom. The summed E-state index contributed by atoms with van der Waals surface area (Å²) < 4.78 is 11.9. The largest absolute Gasteiger partial charge is 0.497 e. The lowest BCUT2D eigenvalue weighted by atomic mass is 10.1. The second kappa shape index (κ2) is 11.6. The summed E-state index contributed by atoms with van der Waals surface area (Å²) in [5.74, 6) is 1.07. The molecule has 1 aromatic heterocycles. The minimum Gasteiger partial charge on any atom is -0.497 e. The molecular weight excluding hydrogens is 462 g/mol. The van der Waals surface area contributed by atoms with E-state index in [9.17, 15) is 9.59 Å². The SMILES string of the molecule is Br.COc1ccc(/C=N/NC(=O)c2cc[n+](CC(=O)c3ccc(OC)cc3)cc2)cc1. The van der Waals surface area contributed by atoms with Gasteiger partial charge in [-0.05, 0) is 54.1 Å². The van der Waals surface area contributed by atoms with Gasteiger partial charge in [-0.2, -0.15) is 9.67 Å². The van der Waals surface area contributed by atoms with Crippen LogP contribution in [0.25, 0.3) is 0 Å². The predicted octanol–water partition coefficient (Wildman–Crippen LogP) is 3.22. The summed E-state index contributed by atoms with van der Waals surface area (Å²) in [7, 11) is 3.18. The fourth-order valence-electron chi connectivity index (χ4n) is 2.67. The van der Waals surface area contributed by atoms with Crippen LogP contribution < -0.4 is 19.5 Å². The van der Waals surface area contributed by atoms with Gasteiger partial charge in [0.05, 0.1) is 26.0 Å². The maximum atomic E-state index is 12.4. The zero-order valence-corrected chi connectivity index (χ0v) is 18.9. The van der Waals surface area contributed by atoms with Crippen molar-refractivity contribution in [1.29, 1.82) is 0 Å². The number of hydrazone groups is 1. The fraction of sp³-hybridized carbons (Fsp3) is 0.130. The number of pyridine rings is 1. The Labute approximate surface area is 191 Å². The summed E-state index contributed by atoms with van der Waals surface area (Å²) in [6.07, 6.45) is 4.92. The number of benzene rings is 2. The van der Waals surface area contributed by atoms with Crippen LogP contribution in [0.2, 0.25) is 0 Å². The summed E-state index contributed by atoms with van der Waals surface area (Å²) in [4.78, 5) is 24.6. The van der Waals surface area contributed by atoms with Crippen LogP contribution in [0.4, 0.5) is 0 Å². The number of ketones is 1. The lowest BCUT2D eigenvalue weighted by Gasteiger charge is -2.02. The number of halogens is 1. The van der Waals surface area contributed by atoms with E-state index in [0.717, 1.165) is 11.3 Å². The molecule has 31 heavy (non-hydrogen) atoms. The zero-order chi connectivity index (χ0) is 21.3. The number of carbonyl (C=O) groups is 2. The number of carbonyl (C=O) groups excluding carboxylic acids is 2. The highest BCUT2D eigenvalue weighted by Crippen LogP contribution is 2.12. The van der Waals surface area contributed by atoms with Gasteiger partial charge in [-0.15, -0.1) is 17.0 Å². The normalized spacial score (nSPS) is 10.3. The number of nitrogens with one attached hydrogen (secondary N) is 1. The van der Waals surface area contributed by atoms with Gasteiger partial charge in [0.1, 0.15) is 11.5 Å². The third kappa shape index (κ3) is 6.75. The number of hydrogen-bond donors (Lipinski definition) is 1. The van der Waals surface area contributed by atoms with E-state index in [1.54, 1.807) is 73.8 Å². The molecule has 160 valence electrons. The molecule has 1 amide bonds. The van der Waals surface area contributed by atoms with Crippen molar-refractivity contribution < 1.29 is 23.6 Å². The van der Waals surface area contributed by atoms with Crippen molar-refractivity contribution in [1.82, 2.24) is 5.43 Å². The molecule has 0 fully saturated rings. The number of methoxy groups -OCH3 is 2. The van der Waals surface area contributed by atoms with Crippen molar-refractivity contribution in [3.05, 3.63) is 89.7 Å². The van der Waals surface area contributed by atoms with E-state index in [4.69, 9.17) is 9.47 Å². The molecule has 0 aliphatic rings. The first kappa shape index (κ1) is 23.8. The molecule has 0 saturated heterocycles. The minimum atomic E-state index is -0.339. The van der Waals surface area contributed by atoms with Gasteiger partial charge in [-0.3, -0.25) is 9.59 Å². The van der Waals surface area contributed by atoms with E-state index >= 15 is 0 Å². The molecule has 0 atom stereocenters. The third-order valence-corrected chi connectivity index (χ3v) is 4.39. The molecule has 0 radical (unpaired) electrons. The summed E-state index contributed by atoms with van der Waals surface area (Å²) in [6, 6.07) is 17.5. The Bertz CT molecular complexity index is 1030. The van der Waals surface area contributed by atoms with E-state index in [0.29, 0.717) is 16.9 Å². The van der Waals surface area contributed by atoms with Gasteiger partial charge < -0.3 is 9.47 Å². The number of nitrogens with zero attached hydrogens (tertiary/aromatic N) is 2. The van der Waals surface area contributed by atoms with E-state index in [1.807, 2.05) is 24.3 Å². The van der Waals surface area contributed by atoms with Crippen molar-refractivity contribution in [2.45, 2.75) is 6.54 Å². The molecule has 3 aromatic rings. The number of amides is 1. The van der Waals surface area contributed by atoms with Gasteiger partial charge >= 0.3 is 0 Å². The molecule has 0 aliphatic heterocycles. The number of rotatable bonds is 8. The number of aromatic nitrogens is 1. The first-order valence-corrected chi connectivity index (χ1v) is 9.23. The highest BCUT2D eigenvalue weighted by atomic mass is 79.9. The Balaban J connectivity index is 0.00000341. The monoisotopic (exact) mass is 484 g/mol. The van der Waals surface area contributed by atoms with Crippen LogP contribution in [-0.2, 0) is 6.54 Å². The summed E-state index contributed by atoms with van der Waals surface area (Å²) in [5, 5.41) is 3.96. The molecule has 2 aromatic carbocycles. The molecule has 1 N–H and O–H groups in total. The highest BCUT2D eigenvalue weighted by Gasteiger charge is 2.13. The molecular formula is C23H23BrN3O4+. The van der Waals surface area contributed by atoms with Crippen molar-refractivity contribution in [2.24, 2.45) is 5.10 Å². The highest BCUT2D eigenvalue weighted by molar-refractivity contribution is 8.93. The second-order valence-electron chi connectivity index (χ2n) is 6.38. The standard InChI is InChI=1S/C23H21N3O4.BrH/c1-29-20-7-3-17(4-8-20)15-24-25-23(28)19-11-13-26(14-12-19)16-22(27)18-5-9-21(30-2)10-6-18;/h3-15H,16H2,1-2H3;1H/p+1. The van der Waals surface area contributed by atoms with E-state index in [-0.39, 0.29) is 35.2 Å². The quantitative estimate of drug-likeness (QED) is 0.230. The van der Waals surface area contributed by atoms with Gasteiger partial charge in [0, 0.05) is 17.7 Å². The second-order valence-corrected chi connectivity index (χ2v) is 6.38. The van der Waals surface area contributed by atoms with Crippen LogP contribution in [0.3, 0.4) is 0 Å². The molecule has 7 nitrogen and oxygen atoms in total. The van der Waals surface area contributed by atoms with Crippen LogP contribution in [0.1, 0.15) is 26.3 Å². The van der Waals surface area contributed by atoms with Gasteiger partial charge in [0.25, 0.3) is 5.91 Å². The fourth-order valence-corrected chi connectivity index (χ4v) is 2.67. The molecule has 0 saturated carbocycles. The maximum absolute atomic E-state index is 12.4. The van der Waals surface area contributed by atoms with Gasteiger partial charge in [-0.1, -0.05) is 0 Å². The topological polar surface area (TPSA) is 80.9 Å². The zero-order valence-electron chi connectivity index (χ0n) is 17.1. The molecule has 3 rings (SSSR count). The summed E-state index contributed by atoms with van der Waals surface area (Å²) >= 11 is 0. The van der Waals surface area contributed by atoms with Crippen LogP contribution in [-0.4, -0.2) is 32.1 Å². The molecule has 0 aliphatic carbocycles.